The summed E-state index contributed by atoms with van der Waals surface area (Å²) in [4.78, 5) is 16.3. The number of pyridine rings is 1. The molecule has 0 spiro atoms. The Morgan fingerprint density at radius 3 is 2.53 bits per heavy atom. The number of carbonyl (C=O) groups excluding carboxylic acids is 1. The van der Waals surface area contributed by atoms with Gasteiger partial charge in [0.05, 0.1) is 41.7 Å². The number of ether oxygens (including phenoxy) is 2. The van der Waals surface area contributed by atoms with Gasteiger partial charge in [-0.15, -0.1) is 0 Å². The third-order valence-corrected chi connectivity index (χ3v) is 5.36. The summed E-state index contributed by atoms with van der Waals surface area (Å²) in [6.45, 7) is 4.45. The van der Waals surface area contributed by atoms with E-state index in [2.05, 4.69) is 17.1 Å². The summed E-state index contributed by atoms with van der Waals surface area (Å²) >= 11 is 6.09. The Bertz CT molecular complexity index is 1230. The maximum Gasteiger partial charge on any atom is 0.341 e. The molecular formula is C24H21ClN4O3. The third kappa shape index (κ3) is 4.50. The van der Waals surface area contributed by atoms with Gasteiger partial charge < -0.3 is 14.0 Å². The smallest absolute Gasteiger partial charge is 0.341 e. The molecule has 0 aliphatic heterocycles. The maximum atomic E-state index is 12.2. The van der Waals surface area contributed by atoms with Crippen molar-refractivity contribution in [2.45, 2.75) is 27.0 Å². The minimum Gasteiger partial charge on any atom is -0.462 e. The first-order chi connectivity index (χ1) is 15.4. The normalized spacial score (nSPS) is 10.4. The molecule has 0 saturated heterocycles. The fourth-order valence-electron chi connectivity index (χ4n) is 3.60. The van der Waals surface area contributed by atoms with Gasteiger partial charge in [0.25, 0.3) is 0 Å². The molecule has 0 amide bonds. The number of hydrogen-bond acceptors (Lipinski definition) is 6. The van der Waals surface area contributed by atoms with Gasteiger partial charge in [-0.1, -0.05) is 23.7 Å². The summed E-state index contributed by atoms with van der Waals surface area (Å²) in [5, 5.41) is 19.1. The lowest BCUT2D eigenvalue weighted by Gasteiger charge is -2.13. The minimum atomic E-state index is -0.538. The first-order valence-corrected chi connectivity index (χ1v) is 10.3. The van der Waals surface area contributed by atoms with Crippen LogP contribution in [0.1, 0.15) is 45.4 Å². The number of carbonyl (C=O) groups is 1. The molecule has 2 heterocycles. The second-order valence-corrected chi connectivity index (χ2v) is 7.36. The molecule has 0 atom stereocenters. The van der Waals surface area contributed by atoms with Crippen molar-refractivity contribution in [3.8, 4) is 23.3 Å². The number of halogens is 1. The van der Waals surface area contributed by atoms with E-state index in [4.69, 9.17) is 26.3 Å². The molecule has 0 aliphatic rings. The van der Waals surface area contributed by atoms with Crippen LogP contribution in [0.3, 0.4) is 0 Å². The Morgan fingerprint density at radius 2 is 1.94 bits per heavy atom. The lowest BCUT2D eigenvalue weighted by molar-refractivity contribution is 0.0526. The molecule has 0 N–H and O–H groups in total. The monoisotopic (exact) mass is 448 g/mol. The SMILES string of the molecule is CCOC(=O)c1cc(Cn2c(C)c(-c3ccc(C#N)cc3)c(C#N)c2COC)cnc1Cl. The second kappa shape index (κ2) is 10.1. The number of nitrogens with zero attached hydrogens (tertiary/aromatic N) is 4. The quantitative estimate of drug-likeness (QED) is 0.386. The van der Waals surface area contributed by atoms with E-state index in [-0.39, 0.29) is 23.9 Å². The standard InChI is InChI=1S/C24H21ClN4O3/c1-4-32-24(30)19-9-17(12-28-23(19)25)13-29-15(2)22(20(11-27)21(29)14-31-3)18-7-5-16(10-26)6-8-18/h5-9,12H,4,13-14H2,1-3H3. The molecule has 3 rings (SSSR count). The first-order valence-electron chi connectivity index (χ1n) is 9.88. The topological polar surface area (TPSA) is 101 Å². The van der Waals surface area contributed by atoms with Gasteiger partial charge in [0, 0.05) is 31.1 Å². The van der Waals surface area contributed by atoms with Crippen molar-refractivity contribution < 1.29 is 14.3 Å². The van der Waals surface area contributed by atoms with Gasteiger partial charge in [-0.05, 0) is 43.2 Å². The van der Waals surface area contributed by atoms with Gasteiger partial charge in [0.2, 0.25) is 0 Å². The van der Waals surface area contributed by atoms with Crippen molar-refractivity contribution in [3.63, 3.8) is 0 Å². The van der Waals surface area contributed by atoms with E-state index < -0.39 is 5.97 Å². The molecule has 0 fully saturated rings. The average Bonchev–Trinajstić information content (AvgIpc) is 3.06. The number of hydrogen-bond donors (Lipinski definition) is 0. The summed E-state index contributed by atoms with van der Waals surface area (Å²) < 4.78 is 12.4. The number of aromatic nitrogens is 2. The Balaban J connectivity index is 2.12. The predicted octanol–water partition coefficient (Wildman–Crippen LogP) is 4.63. The maximum absolute atomic E-state index is 12.2. The molecule has 0 bridgehead atoms. The molecule has 0 saturated carbocycles. The lowest BCUT2D eigenvalue weighted by atomic mass is 10.00. The molecule has 0 aliphatic carbocycles. The highest BCUT2D eigenvalue weighted by Crippen LogP contribution is 2.33. The van der Waals surface area contributed by atoms with Gasteiger partial charge in [0.15, 0.2) is 0 Å². The fraction of sp³-hybridized carbons (Fsp3) is 0.250. The van der Waals surface area contributed by atoms with E-state index in [0.29, 0.717) is 23.4 Å². The van der Waals surface area contributed by atoms with Crippen LogP contribution < -0.4 is 0 Å². The number of benzene rings is 1. The van der Waals surface area contributed by atoms with Gasteiger partial charge in [-0.2, -0.15) is 10.5 Å². The molecule has 0 unspecified atom stereocenters. The van der Waals surface area contributed by atoms with Crippen LogP contribution in [0.4, 0.5) is 0 Å². The van der Waals surface area contributed by atoms with Crippen molar-refractivity contribution in [1.29, 1.82) is 10.5 Å². The second-order valence-electron chi connectivity index (χ2n) is 7.00. The number of rotatable bonds is 7. The van der Waals surface area contributed by atoms with E-state index in [1.165, 1.54) is 0 Å². The van der Waals surface area contributed by atoms with Gasteiger partial charge >= 0.3 is 5.97 Å². The molecule has 1 aromatic carbocycles. The minimum absolute atomic E-state index is 0.0736. The van der Waals surface area contributed by atoms with Crippen LogP contribution >= 0.6 is 11.6 Å². The van der Waals surface area contributed by atoms with Crippen molar-refractivity contribution in [1.82, 2.24) is 9.55 Å². The summed E-state index contributed by atoms with van der Waals surface area (Å²) in [5.74, 6) is -0.538. The Labute approximate surface area is 191 Å². The Kier molecular flexibility index (Phi) is 7.27. The van der Waals surface area contributed by atoms with Gasteiger partial charge in [0.1, 0.15) is 11.2 Å². The molecule has 7 nitrogen and oxygen atoms in total. The number of nitriles is 2. The van der Waals surface area contributed by atoms with E-state index in [1.54, 1.807) is 38.4 Å². The van der Waals surface area contributed by atoms with Crippen LogP contribution in [0.2, 0.25) is 5.15 Å². The Hall–Kier alpha value is -3.65. The predicted molar refractivity (Wildman–Crippen MR) is 119 cm³/mol. The molecule has 3 aromatic rings. The summed E-state index contributed by atoms with van der Waals surface area (Å²) in [6.07, 6.45) is 1.59. The zero-order valence-corrected chi connectivity index (χ0v) is 18.7. The Morgan fingerprint density at radius 1 is 1.22 bits per heavy atom. The summed E-state index contributed by atoms with van der Waals surface area (Å²) in [5.41, 5.74) is 5.13. The van der Waals surface area contributed by atoms with Crippen LogP contribution in [0.5, 0.6) is 0 Å². The molecule has 8 heteroatoms. The van der Waals surface area contributed by atoms with Crippen molar-refractivity contribution in [3.05, 3.63) is 75.3 Å². The van der Waals surface area contributed by atoms with Crippen LogP contribution in [0.15, 0.2) is 36.5 Å². The summed E-state index contributed by atoms with van der Waals surface area (Å²) in [7, 11) is 1.57. The van der Waals surface area contributed by atoms with Gasteiger partial charge in [-0.3, -0.25) is 0 Å². The lowest BCUT2D eigenvalue weighted by Crippen LogP contribution is -2.11. The van der Waals surface area contributed by atoms with Crippen LogP contribution in [0, 0.1) is 29.6 Å². The first kappa shape index (κ1) is 23.0. The van der Waals surface area contributed by atoms with Crippen LogP contribution in [0.25, 0.3) is 11.1 Å². The highest BCUT2D eigenvalue weighted by molar-refractivity contribution is 6.32. The molecule has 32 heavy (non-hydrogen) atoms. The van der Waals surface area contributed by atoms with Crippen LogP contribution in [-0.4, -0.2) is 29.2 Å². The largest absolute Gasteiger partial charge is 0.462 e. The highest BCUT2D eigenvalue weighted by atomic mass is 35.5. The van der Waals surface area contributed by atoms with E-state index in [0.717, 1.165) is 22.4 Å². The number of esters is 1. The van der Waals surface area contributed by atoms with Crippen molar-refractivity contribution in [2.75, 3.05) is 13.7 Å². The summed E-state index contributed by atoms with van der Waals surface area (Å²) in [6, 6.07) is 13.1. The van der Waals surface area contributed by atoms with E-state index in [9.17, 15) is 10.1 Å². The zero-order valence-electron chi connectivity index (χ0n) is 18.0. The molecule has 2 aromatic heterocycles. The molecule has 162 valence electrons. The highest BCUT2D eigenvalue weighted by Gasteiger charge is 2.22. The van der Waals surface area contributed by atoms with Crippen molar-refractivity contribution >= 4 is 17.6 Å². The fourth-order valence-corrected chi connectivity index (χ4v) is 3.78. The zero-order chi connectivity index (χ0) is 23.3. The van der Waals surface area contributed by atoms with E-state index in [1.807, 2.05) is 23.6 Å². The molecule has 0 radical (unpaired) electrons. The average molecular weight is 449 g/mol. The third-order valence-electron chi connectivity index (χ3n) is 5.06. The van der Waals surface area contributed by atoms with Gasteiger partial charge in [-0.25, -0.2) is 9.78 Å². The molecular weight excluding hydrogens is 428 g/mol. The number of methoxy groups -OCH3 is 1. The van der Waals surface area contributed by atoms with Crippen molar-refractivity contribution in [2.24, 2.45) is 0 Å². The van der Waals surface area contributed by atoms with Crippen LogP contribution in [-0.2, 0) is 22.6 Å². The van der Waals surface area contributed by atoms with E-state index >= 15 is 0 Å².